The molecule has 1 atom stereocenters. The molecule has 0 aromatic heterocycles. The minimum absolute atomic E-state index is 0.00159. The Bertz CT molecular complexity index is 1210. The van der Waals surface area contributed by atoms with Gasteiger partial charge in [0.2, 0.25) is 0 Å². The molecule has 3 rings (SSSR count). The first kappa shape index (κ1) is 23.3. The van der Waals surface area contributed by atoms with E-state index in [9.17, 15) is 19.2 Å². The number of nitrogens with two attached hydrogens (primary N) is 1. The summed E-state index contributed by atoms with van der Waals surface area (Å²) in [7, 11) is 3.63. The van der Waals surface area contributed by atoms with E-state index in [-0.39, 0.29) is 39.7 Å². The number of carbonyl (C=O) groups excluding carboxylic acids is 2. The zero-order chi connectivity index (χ0) is 24.3. The molecule has 1 unspecified atom stereocenters. The molecule has 8 nitrogen and oxygen atoms in total. The average Bonchev–Trinajstić information content (AvgIpc) is 2.84. The van der Waals surface area contributed by atoms with E-state index in [2.05, 4.69) is 6.07 Å². The maximum Gasteiger partial charge on any atom is 0.355 e. The number of ether oxygens (including phenoxy) is 3. The average molecular weight is 451 g/mol. The lowest BCUT2D eigenvalue weighted by molar-refractivity contribution is -0.139. The molecular formula is C24H22FN3O5. The van der Waals surface area contributed by atoms with Gasteiger partial charge in [-0.3, -0.25) is 4.90 Å². The van der Waals surface area contributed by atoms with Crippen molar-refractivity contribution in [3.8, 4) is 11.8 Å². The molecule has 1 aliphatic rings. The fourth-order valence-electron chi connectivity index (χ4n) is 3.85. The van der Waals surface area contributed by atoms with Crippen molar-refractivity contribution in [2.75, 3.05) is 26.2 Å². The number of methoxy groups -OCH3 is 3. The second kappa shape index (κ2) is 9.44. The van der Waals surface area contributed by atoms with E-state index < -0.39 is 23.7 Å². The number of anilines is 1. The summed E-state index contributed by atoms with van der Waals surface area (Å²) in [6.07, 6.45) is 0. The molecule has 0 saturated carbocycles. The number of hydrogen-bond donors (Lipinski definition) is 1. The monoisotopic (exact) mass is 451 g/mol. The van der Waals surface area contributed by atoms with Crippen LogP contribution >= 0.6 is 0 Å². The summed E-state index contributed by atoms with van der Waals surface area (Å²) in [5, 5.41) is 10.0. The van der Waals surface area contributed by atoms with E-state index in [4.69, 9.17) is 19.9 Å². The van der Waals surface area contributed by atoms with Gasteiger partial charge in [-0.15, -0.1) is 0 Å². The quantitative estimate of drug-likeness (QED) is 0.690. The number of rotatable bonds is 5. The number of nitriles is 1. The highest BCUT2D eigenvalue weighted by Gasteiger charge is 2.43. The van der Waals surface area contributed by atoms with Crippen LogP contribution in [0.2, 0.25) is 0 Å². The van der Waals surface area contributed by atoms with Gasteiger partial charge >= 0.3 is 11.9 Å². The van der Waals surface area contributed by atoms with E-state index in [0.29, 0.717) is 5.56 Å². The fourth-order valence-corrected chi connectivity index (χ4v) is 3.85. The van der Waals surface area contributed by atoms with E-state index in [1.807, 2.05) is 0 Å². The van der Waals surface area contributed by atoms with Crippen LogP contribution in [0.3, 0.4) is 0 Å². The first-order valence-electron chi connectivity index (χ1n) is 9.80. The van der Waals surface area contributed by atoms with Crippen molar-refractivity contribution in [2.45, 2.75) is 12.8 Å². The molecule has 0 aliphatic carbocycles. The Morgan fingerprint density at radius 1 is 1.06 bits per heavy atom. The van der Waals surface area contributed by atoms with Gasteiger partial charge in [-0.05, 0) is 24.6 Å². The molecule has 170 valence electrons. The zero-order valence-electron chi connectivity index (χ0n) is 18.5. The minimum Gasteiger partial charge on any atom is -0.494 e. The first-order valence-corrected chi connectivity index (χ1v) is 9.80. The van der Waals surface area contributed by atoms with Crippen LogP contribution in [0, 0.1) is 24.1 Å². The standard InChI is InChI=1S/C24H22FN3O5/c1-13-16(25)10-11-17(21(13)31-2)28-20(24(30)33-4)19(23(29)32-3)18(15(12-26)22(28)27)14-8-6-5-7-9-14/h5-11,18H,27H2,1-4H3. The molecule has 0 saturated heterocycles. The topological polar surface area (TPSA) is 115 Å². The van der Waals surface area contributed by atoms with Gasteiger partial charge in [-0.2, -0.15) is 5.26 Å². The number of allylic oxidation sites excluding steroid dienone is 1. The van der Waals surface area contributed by atoms with Gasteiger partial charge in [0.15, 0.2) is 0 Å². The number of hydrogen-bond acceptors (Lipinski definition) is 8. The number of halogens is 1. The molecule has 0 bridgehead atoms. The van der Waals surface area contributed by atoms with Gasteiger partial charge in [-0.1, -0.05) is 30.3 Å². The van der Waals surface area contributed by atoms with Crippen molar-refractivity contribution in [1.29, 1.82) is 5.26 Å². The van der Waals surface area contributed by atoms with E-state index in [0.717, 1.165) is 14.2 Å². The molecule has 1 aliphatic heterocycles. The number of benzene rings is 2. The Balaban J connectivity index is 2.47. The largest absolute Gasteiger partial charge is 0.494 e. The maximum absolute atomic E-state index is 14.2. The molecule has 2 aromatic rings. The normalized spacial score (nSPS) is 15.8. The van der Waals surface area contributed by atoms with Gasteiger partial charge in [-0.25, -0.2) is 14.0 Å². The van der Waals surface area contributed by atoms with Crippen molar-refractivity contribution >= 4 is 17.6 Å². The lowest BCUT2D eigenvalue weighted by Gasteiger charge is -2.36. The third-order valence-electron chi connectivity index (χ3n) is 5.37. The molecule has 2 aromatic carbocycles. The summed E-state index contributed by atoms with van der Waals surface area (Å²) in [5.74, 6) is -3.37. The lowest BCUT2D eigenvalue weighted by Crippen LogP contribution is -2.41. The van der Waals surface area contributed by atoms with Gasteiger partial charge in [0.25, 0.3) is 0 Å². The first-order chi connectivity index (χ1) is 15.8. The summed E-state index contributed by atoms with van der Waals surface area (Å²) < 4.78 is 29.6. The Morgan fingerprint density at radius 2 is 1.70 bits per heavy atom. The van der Waals surface area contributed by atoms with Crippen LogP contribution in [-0.4, -0.2) is 33.3 Å². The van der Waals surface area contributed by atoms with Crippen LogP contribution in [0.5, 0.6) is 5.75 Å². The zero-order valence-corrected chi connectivity index (χ0v) is 18.5. The Hall–Kier alpha value is -4.32. The predicted octanol–water partition coefficient (Wildman–Crippen LogP) is 3.04. The van der Waals surface area contributed by atoms with E-state index >= 15 is 0 Å². The third-order valence-corrected chi connectivity index (χ3v) is 5.37. The SMILES string of the molecule is COC(=O)C1=C(C(=O)OC)N(c2ccc(F)c(C)c2OC)C(N)=C(C#N)C1c1ccccc1. The van der Waals surface area contributed by atoms with Gasteiger partial charge in [0.1, 0.15) is 23.1 Å². The molecule has 9 heteroatoms. The van der Waals surface area contributed by atoms with Crippen LogP contribution < -0.4 is 15.4 Å². The lowest BCUT2D eigenvalue weighted by atomic mass is 9.81. The number of nitrogens with zero attached hydrogens (tertiary/aromatic N) is 2. The Kier molecular flexibility index (Phi) is 6.68. The number of carbonyl (C=O) groups is 2. The highest BCUT2D eigenvalue weighted by atomic mass is 19.1. The highest BCUT2D eigenvalue weighted by molar-refractivity contribution is 6.06. The summed E-state index contributed by atoms with van der Waals surface area (Å²) in [6, 6.07) is 13.2. The third kappa shape index (κ3) is 3.87. The van der Waals surface area contributed by atoms with E-state index in [1.54, 1.807) is 30.3 Å². The van der Waals surface area contributed by atoms with Gasteiger partial charge < -0.3 is 19.9 Å². The Morgan fingerprint density at radius 3 is 2.24 bits per heavy atom. The summed E-state index contributed by atoms with van der Waals surface area (Å²) in [6.45, 7) is 1.49. The molecular weight excluding hydrogens is 429 g/mol. The van der Waals surface area contributed by atoms with Crippen LogP contribution in [0.15, 0.2) is 65.1 Å². The molecule has 0 amide bonds. The van der Waals surface area contributed by atoms with Crippen LogP contribution in [0.4, 0.5) is 10.1 Å². The van der Waals surface area contributed by atoms with Crippen LogP contribution in [0.1, 0.15) is 17.0 Å². The summed E-state index contributed by atoms with van der Waals surface area (Å²) in [5.41, 5.74) is 6.86. The second-order valence-corrected chi connectivity index (χ2v) is 7.06. The molecule has 0 fully saturated rings. The van der Waals surface area contributed by atoms with Crippen molar-refractivity contribution in [3.05, 3.63) is 82.1 Å². The van der Waals surface area contributed by atoms with Crippen LogP contribution in [-0.2, 0) is 19.1 Å². The van der Waals surface area contributed by atoms with Gasteiger partial charge in [0, 0.05) is 5.56 Å². The molecule has 2 N–H and O–H groups in total. The Labute approximate surface area is 190 Å². The van der Waals surface area contributed by atoms with Gasteiger partial charge in [0.05, 0.1) is 50.2 Å². The smallest absolute Gasteiger partial charge is 0.355 e. The molecule has 0 radical (unpaired) electrons. The summed E-state index contributed by atoms with van der Waals surface area (Å²) >= 11 is 0. The van der Waals surface area contributed by atoms with Crippen molar-refractivity contribution in [2.24, 2.45) is 5.73 Å². The second-order valence-electron chi connectivity index (χ2n) is 7.06. The van der Waals surface area contributed by atoms with E-state index in [1.165, 1.54) is 31.1 Å². The summed E-state index contributed by atoms with van der Waals surface area (Å²) in [4.78, 5) is 27.2. The van der Waals surface area contributed by atoms with Crippen molar-refractivity contribution in [1.82, 2.24) is 0 Å². The van der Waals surface area contributed by atoms with Crippen molar-refractivity contribution in [3.63, 3.8) is 0 Å². The van der Waals surface area contributed by atoms with Crippen LogP contribution in [0.25, 0.3) is 0 Å². The minimum atomic E-state index is -0.999. The highest BCUT2D eigenvalue weighted by Crippen LogP contribution is 2.46. The molecule has 33 heavy (non-hydrogen) atoms. The molecule has 1 heterocycles. The number of esters is 2. The molecule has 0 spiro atoms. The fraction of sp³-hybridized carbons (Fsp3) is 0.208. The van der Waals surface area contributed by atoms with Crippen molar-refractivity contribution < 1.29 is 28.2 Å². The predicted molar refractivity (Wildman–Crippen MR) is 117 cm³/mol. The maximum atomic E-state index is 14.2.